The van der Waals surface area contributed by atoms with Gasteiger partial charge in [0.25, 0.3) is 0 Å². The average molecular weight is 300 g/mol. The number of phenols is 2. The summed E-state index contributed by atoms with van der Waals surface area (Å²) in [7, 11) is 0. The van der Waals surface area contributed by atoms with Crippen molar-refractivity contribution in [1.82, 2.24) is 0 Å². The van der Waals surface area contributed by atoms with Crippen molar-refractivity contribution in [2.45, 2.75) is 52.4 Å². The molecule has 0 spiro atoms. The average Bonchev–Trinajstić information content (AvgIpc) is 2.53. The highest BCUT2D eigenvalue weighted by Gasteiger charge is 1.92. The fourth-order valence-corrected chi connectivity index (χ4v) is 2.14. The van der Waals surface area contributed by atoms with Crippen LogP contribution in [0, 0.1) is 0 Å². The number of aryl methyl sites for hydroxylation is 2. The van der Waals surface area contributed by atoms with Crippen LogP contribution in [0.2, 0.25) is 0 Å². The van der Waals surface area contributed by atoms with E-state index in [0.29, 0.717) is 11.5 Å². The Morgan fingerprint density at radius 2 is 1.27 bits per heavy atom. The molecule has 0 saturated carbocycles. The highest BCUT2D eigenvalue weighted by molar-refractivity contribution is 5.27. The van der Waals surface area contributed by atoms with Gasteiger partial charge >= 0.3 is 0 Å². The summed E-state index contributed by atoms with van der Waals surface area (Å²) in [6, 6.07) is 14.9. The molecule has 2 rings (SSSR count). The molecule has 0 aliphatic rings. The summed E-state index contributed by atoms with van der Waals surface area (Å²) in [5.41, 5.74) is 2.54. The third kappa shape index (κ3) is 7.72. The fraction of sp³-hybridized carbons (Fsp3) is 0.400. The van der Waals surface area contributed by atoms with Crippen molar-refractivity contribution in [2.24, 2.45) is 0 Å². The zero-order valence-corrected chi connectivity index (χ0v) is 13.8. The lowest BCUT2D eigenvalue weighted by Crippen LogP contribution is -1.82. The van der Waals surface area contributed by atoms with Gasteiger partial charge in [0, 0.05) is 0 Å². The second kappa shape index (κ2) is 10.7. The first-order valence-corrected chi connectivity index (χ1v) is 8.21. The predicted octanol–water partition coefficient (Wildman–Crippen LogP) is 5.47. The molecule has 2 aromatic rings. The first-order valence-electron chi connectivity index (χ1n) is 8.21. The van der Waals surface area contributed by atoms with E-state index < -0.39 is 0 Å². The Bertz CT molecular complexity index is 517. The molecular formula is C20H28O2. The molecule has 2 heteroatoms. The summed E-state index contributed by atoms with van der Waals surface area (Å²) in [6.07, 6.45) is 7.05. The Hall–Kier alpha value is -1.96. The molecule has 0 aliphatic heterocycles. The molecule has 0 fully saturated rings. The summed E-state index contributed by atoms with van der Waals surface area (Å²) in [6.45, 7) is 4.35. The minimum Gasteiger partial charge on any atom is -0.508 e. The Morgan fingerprint density at radius 3 is 1.82 bits per heavy atom. The molecule has 120 valence electrons. The van der Waals surface area contributed by atoms with Crippen LogP contribution in [-0.2, 0) is 12.8 Å². The van der Waals surface area contributed by atoms with Gasteiger partial charge in [-0.3, -0.25) is 0 Å². The van der Waals surface area contributed by atoms with Crippen LogP contribution in [0.5, 0.6) is 11.5 Å². The van der Waals surface area contributed by atoms with Gasteiger partial charge in [0.1, 0.15) is 11.5 Å². The molecule has 0 bridgehead atoms. The first kappa shape index (κ1) is 18.1. The molecule has 0 aliphatic carbocycles. The fourth-order valence-electron chi connectivity index (χ4n) is 2.14. The number of aromatic hydroxyl groups is 2. The number of hydrogen-bond acceptors (Lipinski definition) is 2. The van der Waals surface area contributed by atoms with Gasteiger partial charge in [0.05, 0.1) is 0 Å². The van der Waals surface area contributed by atoms with Crippen molar-refractivity contribution >= 4 is 0 Å². The van der Waals surface area contributed by atoms with E-state index in [1.807, 2.05) is 24.3 Å². The smallest absolute Gasteiger partial charge is 0.115 e. The third-order valence-electron chi connectivity index (χ3n) is 3.48. The van der Waals surface area contributed by atoms with Crippen molar-refractivity contribution in [3.63, 3.8) is 0 Å². The Balaban J connectivity index is 0.000000220. The van der Waals surface area contributed by atoms with E-state index in [9.17, 15) is 0 Å². The first-order chi connectivity index (χ1) is 10.7. The van der Waals surface area contributed by atoms with Gasteiger partial charge < -0.3 is 10.2 Å². The molecular weight excluding hydrogens is 272 g/mol. The van der Waals surface area contributed by atoms with Crippen LogP contribution in [0.25, 0.3) is 0 Å². The van der Waals surface area contributed by atoms with Crippen molar-refractivity contribution in [1.29, 1.82) is 0 Å². The molecule has 0 atom stereocenters. The number of benzene rings is 2. The lowest BCUT2D eigenvalue weighted by Gasteiger charge is -1.98. The Labute approximate surface area is 134 Å². The highest BCUT2D eigenvalue weighted by Crippen LogP contribution is 2.13. The zero-order valence-electron chi connectivity index (χ0n) is 13.8. The topological polar surface area (TPSA) is 40.5 Å². The van der Waals surface area contributed by atoms with E-state index in [0.717, 1.165) is 12.8 Å². The molecule has 0 aromatic heterocycles. The van der Waals surface area contributed by atoms with Crippen LogP contribution >= 0.6 is 0 Å². The Kier molecular flexibility index (Phi) is 8.82. The van der Waals surface area contributed by atoms with Crippen molar-refractivity contribution in [3.8, 4) is 11.5 Å². The van der Waals surface area contributed by atoms with E-state index >= 15 is 0 Å². The van der Waals surface area contributed by atoms with Crippen LogP contribution in [-0.4, -0.2) is 10.2 Å². The van der Waals surface area contributed by atoms with Crippen LogP contribution in [0.3, 0.4) is 0 Å². The van der Waals surface area contributed by atoms with Gasteiger partial charge in [0.2, 0.25) is 0 Å². The second-order valence-corrected chi connectivity index (χ2v) is 5.54. The number of rotatable bonds is 6. The molecule has 0 amide bonds. The summed E-state index contributed by atoms with van der Waals surface area (Å²) in [5, 5.41) is 18.1. The molecule has 2 N–H and O–H groups in total. The summed E-state index contributed by atoms with van der Waals surface area (Å²) in [4.78, 5) is 0. The summed E-state index contributed by atoms with van der Waals surface area (Å²) in [5.74, 6) is 0.726. The monoisotopic (exact) mass is 300 g/mol. The summed E-state index contributed by atoms with van der Waals surface area (Å²) >= 11 is 0. The largest absolute Gasteiger partial charge is 0.508 e. The molecule has 0 radical (unpaired) electrons. The summed E-state index contributed by atoms with van der Waals surface area (Å²) < 4.78 is 0. The minimum absolute atomic E-state index is 0.352. The number of unbranched alkanes of at least 4 members (excludes halogenated alkanes) is 2. The SMILES string of the molecule is CCCCc1ccc(O)cc1.CCCCc1cccc(O)c1. The van der Waals surface area contributed by atoms with E-state index in [4.69, 9.17) is 10.2 Å². The maximum atomic E-state index is 9.11. The van der Waals surface area contributed by atoms with Crippen LogP contribution < -0.4 is 0 Å². The quantitative estimate of drug-likeness (QED) is 0.742. The van der Waals surface area contributed by atoms with E-state index in [1.165, 1.54) is 36.8 Å². The number of hydrogen-bond donors (Lipinski definition) is 2. The second-order valence-electron chi connectivity index (χ2n) is 5.54. The van der Waals surface area contributed by atoms with Crippen LogP contribution in [0.15, 0.2) is 48.5 Å². The van der Waals surface area contributed by atoms with E-state index in [-0.39, 0.29) is 0 Å². The van der Waals surface area contributed by atoms with Crippen molar-refractivity contribution in [3.05, 3.63) is 59.7 Å². The van der Waals surface area contributed by atoms with E-state index in [1.54, 1.807) is 18.2 Å². The molecule has 0 unspecified atom stereocenters. The van der Waals surface area contributed by atoms with Gasteiger partial charge in [0.15, 0.2) is 0 Å². The normalized spacial score (nSPS) is 9.91. The van der Waals surface area contributed by atoms with Gasteiger partial charge in [-0.15, -0.1) is 0 Å². The van der Waals surface area contributed by atoms with Crippen LogP contribution in [0.4, 0.5) is 0 Å². The molecule has 0 saturated heterocycles. The van der Waals surface area contributed by atoms with Crippen LogP contribution in [0.1, 0.15) is 50.7 Å². The van der Waals surface area contributed by atoms with Gasteiger partial charge in [-0.2, -0.15) is 0 Å². The number of phenolic OH excluding ortho intramolecular Hbond substituents is 2. The standard InChI is InChI=1S/2C10H14O/c1-2-3-5-9-6-4-7-10(11)8-9;1-2-3-4-9-5-7-10(11)8-6-9/h4,6-8,11H,2-3,5H2,1H3;5-8,11H,2-4H2,1H3. The lowest BCUT2D eigenvalue weighted by atomic mass is 10.1. The molecule has 0 heterocycles. The maximum absolute atomic E-state index is 9.11. The van der Waals surface area contributed by atoms with Gasteiger partial charge in [-0.05, 0) is 61.1 Å². The third-order valence-corrected chi connectivity index (χ3v) is 3.48. The zero-order chi connectivity index (χ0) is 16.2. The van der Waals surface area contributed by atoms with Crippen molar-refractivity contribution < 1.29 is 10.2 Å². The predicted molar refractivity (Wildman–Crippen MR) is 93.4 cm³/mol. The lowest BCUT2D eigenvalue weighted by molar-refractivity contribution is 0.474. The van der Waals surface area contributed by atoms with Gasteiger partial charge in [-0.25, -0.2) is 0 Å². The maximum Gasteiger partial charge on any atom is 0.115 e. The Morgan fingerprint density at radius 1 is 0.682 bits per heavy atom. The van der Waals surface area contributed by atoms with Crippen molar-refractivity contribution in [2.75, 3.05) is 0 Å². The molecule has 22 heavy (non-hydrogen) atoms. The molecule has 2 nitrogen and oxygen atoms in total. The molecule has 2 aromatic carbocycles. The van der Waals surface area contributed by atoms with E-state index in [2.05, 4.69) is 19.9 Å². The van der Waals surface area contributed by atoms with Gasteiger partial charge in [-0.1, -0.05) is 51.0 Å². The minimum atomic E-state index is 0.352. The highest BCUT2D eigenvalue weighted by atomic mass is 16.3.